The SMILES string of the molecule is C/C(=N/NC(=O)c1cc2ccccc2cc1O)c1ccccc1[N+](=O)[O-]. The summed E-state index contributed by atoms with van der Waals surface area (Å²) in [5.74, 6) is -0.772. The van der Waals surface area contributed by atoms with Crippen LogP contribution in [0.15, 0.2) is 65.8 Å². The summed E-state index contributed by atoms with van der Waals surface area (Å²) >= 11 is 0. The van der Waals surface area contributed by atoms with Gasteiger partial charge in [0.05, 0.1) is 21.8 Å². The summed E-state index contributed by atoms with van der Waals surface area (Å²) in [5, 5.41) is 26.7. The van der Waals surface area contributed by atoms with Gasteiger partial charge in [0.2, 0.25) is 0 Å². The molecule has 0 atom stereocenters. The number of carbonyl (C=O) groups is 1. The zero-order chi connectivity index (χ0) is 18.7. The van der Waals surface area contributed by atoms with E-state index in [-0.39, 0.29) is 22.7 Å². The minimum atomic E-state index is -0.605. The van der Waals surface area contributed by atoms with E-state index in [1.807, 2.05) is 24.3 Å². The maximum Gasteiger partial charge on any atom is 0.278 e. The number of nitro benzene ring substituents is 1. The second kappa shape index (κ2) is 7.02. The number of carbonyl (C=O) groups excluding carboxylic acids is 1. The number of phenols is 1. The van der Waals surface area contributed by atoms with Crippen LogP contribution in [0.2, 0.25) is 0 Å². The lowest BCUT2D eigenvalue weighted by molar-refractivity contribution is -0.385. The normalized spacial score (nSPS) is 11.3. The highest BCUT2D eigenvalue weighted by atomic mass is 16.6. The molecule has 130 valence electrons. The Hall–Kier alpha value is -3.74. The number of nitrogens with one attached hydrogen (secondary N) is 1. The number of amides is 1. The van der Waals surface area contributed by atoms with Crippen LogP contribution in [-0.2, 0) is 0 Å². The highest BCUT2D eigenvalue weighted by Gasteiger charge is 2.16. The van der Waals surface area contributed by atoms with Crippen molar-refractivity contribution < 1.29 is 14.8 Å². The third-order valence-corrected chi connectivity index (χ3v) is 3.92. The van der Waals surface area contributed by atoms with Gasteiger partial charge in [-0.25, -0.2) is 5.43 Å². The van der Waals surface area contributed by atoms with Crippen molar-refractivity contribution in [3.63, 3.8) is 0 Å². The molecule has 0 saturated heterocycles. The van der Waals surface area contributed by atoms with Gasteiger partial charge in [-0.2, -0.15) is 5.10 Å². The van der Waals surface area contributed by atoms with Crippen molar-refractivity contribution in [2.45, 2.75) is 6.92 Å². The third kappa shape index (κ3) is 3.36. The van der Waals surface area contributed by atoms with E-state index in [1.54, 1.807) is 31.2 Å². The zero-order valence-electron chi connectivity index (χ0n) is 13.8. The molecule has 2 N–H and O–H groups in total. The fraction of sp³-hybridized carbons (Fsp3) is 0.0526. The summed E-state index contributed by atoms with van der Waals surface area (Å²) in [6, 6.07) is 16.5. The van der Waals surface area contributed by atoms with Gasteiger partial charge in [0.15, 0.2) is 0 Å². The van der Waals surface area contributed by atoms with Crippen LogP contribution in [0.4, 0.5) is 5.69 Å². The molecule has 3 rings (SSSR count). The second-order valence-electron chi connectivity index (χ2n) is 5.63. The Kier molecular flexibility index (Phi) is 4.62. The molecule has 0 radical (unpaired) electrons. The minimum absolute atomic E-state index is 0.0720. The fourth-order valence-electron chi connectivity index (χ4n) is 2.60. The Balaban J connectivity index is 1.88. The fourth-order valence-corrected chi connectivity index (χ4v) is 2.60. The molecule has 7 nitrogen and oxygen atoms in total. The summed E-state index contributed by atoms with van der Waals surface area (Å²) in [6.45, 7) is 1.56. The molecule has 0 aromatic heterocycles. The molecule has 0 aliphatic carbocycles. The van der Waals surface area contributed by atoms with E-state index >= 15 is 0 Å². The molecule has 1 amide bonds. The van der Waals surface area contributed by atoms with E-state index in [1.165, 1.54) is 12.1 Å². The van der Waals surface area contributed by atoms with Gasteiger partial charge >= 0.3 is 0 Å². The molecule has 0 saturated carbocycles. The molecule has 3 aromatic carbocycles. The van der Waals surface area contributed by atoms with Crippen molar-refractivity contribution in [3.05, 3.63) is 81.9 Å². The number of benzene rings is 3. The Morgan fingerprint density at radius 3 is 2.35 bits per heavy atom. The number of nitro groups is 1. The smallest absolute Gasteiger partial charge is 0.278 e. The Bertz CT molecular complexity index is 1040. The van der Waals surface area contributed by atoms with Crippen molar-refractivity contribution >= 4 is 28.1 Å². The second-order valence-corrected chi connectivity index (χ2v) is 5.63. The number of fused-ring (bicyclic) bond motifs is 1. The summed E-state index contributed by atoms with van der Waals surface area (Å²) < 4.78 is 0. The standard InChI is InChI=1S/C19H15N3O4/c1-12(15-8-4-5-9-17(15)22(25)26)20-21-19(24)16-10-13-6-2-3-7-14(13)11-18(16)23/h2-11,23H,1H3,(H,21,24)/b20-12-. The number of hydrazone groups is 1. The molecule has 0 spiro atoms. The van der Waals surface area contributed by atoms with Gasteiger partial charge in [-0.15, -0.1) is 0 Å². The van der Waals surface area contributed by atoms with E-state index in [0.717, 1.165) is 10.8 Å². The molecule has 3 aromatic rings. The molecule has 26 heavy (non-hydrogen) atoms. The maximum atomic E-state index is 12.4. The molecule has 0 aliphatic rings. The highest BCUT2D eigenvalue weighted by molar-refractivity contribution is 6.05. The van der Waals surface area contributed by atoms with Crippen molar-refractivity contribution in [2.24, 2.45) is 5.10 Å². The average molecular weight is 349 g/mol. The van der Waals surface area contributed by atoms with Crippen molar-refractivity contribution in [3.8, 4) is 5.75 Å². The van der Waals surface area contributed by atoms with E-state index in [0.29, 0.717) is 5.56 Å². The molecular weight excluding hydrogens is 334 g/mol. The van der Waals surface area contributed by atoms with Crippen LogP contribution in [0.1, 0.15) is 22.8 Å². The lowest BCUT2D eigenvalue weighted by atomic mass is 10.1. The largest absolute Gasteiger partial charge is 0.507 e. The number of aromatic hydroxyl groups is 1. The molecule has 0 aliphatic heterocycles. The maximum absolute atomic E-state index is 12.4. The minimum Gasteiger partial charge on any atom is -0.507 e. The molecule has 0 fully saturated rings. The number of phenolic OH excluding ortho intramolecular Hbond substituents is 1. The molecule has 7 heteroatoms. The first kappa shape index (κ1) is 17.1. The summed E-state index contributed by atoms with van der Waals surface area (Å²) in [5.41, 5.74) is 2.90. The van der Waals surface area contributed by atoms with Crippen LogP contribution >= 0.6 is 0 Å². The van der Waals surface area contributed by atoms with E-state index < -0.39 is 10.8 Å². The Labute approximate surface area is 148 Å². The monoisotopic (exact) mass is 349 g/mol. The predicted octanol–water partition coefficient (Wildman–Crippen LogP) is 3.61. The van der Waals surface area contributed by atoms with E-state index in [9.17, 15) is 20.0 Å². The van der Waals surface area contributed by atoms with Crippen LogP contribution in [0.5, 0.6) is 5.75 Å². The van der Waals surface area contributed by atoms with Crippen molar-refractivity contribution in [1.82, 2.24) is 5.43 Å². The summed E-state index contributed by atoms with van der Waals surface area (Å²) in [7, 11) is 0. The predicted molar refractivity (Wildman–Crippen MR) is 98.4 cm³/mol. The Morgan fingerprint density at radius 2 is 1.65 bits per heavy atom. The van der Waals surface area contributed by atoms with Gasteiger partial charge < -0.3 is 5.11 Å². The first-order chi connectivity index (χ1) is 12.5. The zero-order valence-corrected chi connectivity index (χ0v) is 13.8. The van der Waals surface area contributed by atoms with Gasteiger partial charge in [-0.1, -0.05) is 36.4 Å². The number of para-hydroxylation sites is 1. The average Bonchev–Trinajstić information content (AvgIpc) is 2.65. The van der Waals surface area contributed by atoms with Gasteiger partial charge in [0, 0.05) is 6.07 Å². The lowest BCUT2D eigenvalue weighted by Crippen LogP contribution is -2.19. The van der Waals surface area contributed by atoms with Gasteiger partial charge in [0.1, 0.15) is 5.75 Å². The topological polar surface area (TPSA) is 105 Å². The first-order valence-corrected chi connectivity index (χ1v) is 7.77. The van der Waals surface area contributed by atoms with Crippen molar-refractivity contribution in [2.75, 3.05) is 0 Å². The molecular formula is C19H15N3O4. The van der Waals surface area contributed by atoms with Gasteiger partial charge in [-0.3, -0.25) is 14.9 Å². The Morgan fingerprint density at radius 1 is 1.04 bits per heavy atom. The molecule has 0 heterocycles. The van der Waals surface area contributed by atoms with Gasteiger partial charge in [0.25, 0.3) is 11.6 Å². The van der Waals surface area contributed by atoms with E-state index in [2.05, 4.69) is 10.5 Å². The summed E-state index contributed by atoms with van der Waals surface area (Å²) in [6.07, 6.45) is 0. The lowest BCUT2D eigenvalue weighted by Gasteiger charge is -2.07. The number of nitrogens with zero attached hydrogens (tertiary/aromatic N) is 2. The van der Waals surface area contributed by atoms with Crippen LogP contribution in [-0.4, -0.2) is 21.6 Å². The van der Waals surface area contributed by atoms with Crippen LogP contribution in [0.25, 0.3) is 10.8 Å². The van der Waals surface area contributed by atoms with Crippen LogP contribution in [0.3, 0.4) is 0 Å². The first-order valence-electron chi connectivity index (χ1n) is 7.77. The van der Waals surface area contributed by atoms with Gasteiger partial charge in [-0.05, 0) is 35.9 Å². The number of hydrogen-bond acceptors (Lipinski definition) is 5. The number of hydrogen-bond donors (Lipinski definition) is 2. The van der Waals surface area contributed by atoms with Crippen LogP contribution in [0, 0.1) is 10.1 Å². The van der Waals surface area contributed by atoms with Crippen molar-refractivity contribution in [1.29, 1.82) is 0 Å². The number of rotatable bonds is 4. The van der Waals surface area contributed by atoms with E-state index in [4.69, 9.17) is 0 Å². The highest BCUT2D eigenvalue weighted by Crippen LogP contribution is 2.25. The molecule has 0 bridgehead atoms. The third-order valence-electron chi connectivity index (χ3n) is 3.92. The van der Waals surface area contributed by atoms with Crippen LogP contribution < -0.4 is 5.43 Å². The molecule has 0 unspecified atom stereocenters. The quantitative estimate of drug-likeness (QED) is 0.426. The summed E-state index contributed by atoms with van der Waals surface area (Å²) in [4.78, 5) is 22.9.